The van der Waals surface area contributed by atoms with Crippen LogP contribution in [0.2, 0.25) is 0 Å². The molecule has 1 aromatic carbocycles. The topological polar surface area (TPSA) is 0 Å². The van der Waals surface area contributed by atoms with Gasteiger partial charge in [-0.05, 0) is 5.56 Å². The predicted molar refractivity (Wildman–Crippen MR) is 66.5 cm³/mol. The van der Waals surface area contributed by atoms with E-state index in [2.05, 4.69) is 22.6 Å². The molecule has 0 spiro atoms. The molecule has 0 aromatic heterocycles. The monoisotopic (exact) mass is 350 g/mol. The van der Waals surface area contributed by atoms with Gasteiger partial charge in [-0.15, -0.1) is 33.2 Å². The summed E-state index contributed by atoms with van der Waals surface area (Å²) < 4.78 is 0.0290. The number of benzene rings is 1. The van der Waals surface area contributed by atoms with Gasteiger partial charge in [0.25, 0.3) is 0 Å². The molecule has 0 amide bonds. The van der Waals surface area contributed by atoms with Gasteiger partial charge in [0.05, 0.1) is 3.55 Å². The average molecular weight is 351 g/mol. The molecule has 0 saturated heterocycles. The molecule has 1 rings (SSSR count). The molecule has 0 nitrogen and oxygen atoms in total. The van der Waals surface area contributed by atoms with E-state index in [1.54, 1.807) is 0 Å². The Balaban J connectivity index is 2.86. The number of hydrogen-bond donors (Lipinski definition) is 0. The lowest BCUT2D eigenvalue weighted by atomic mass is 10.2. The van der Waals surface area contributed by atoms with Gasteiger partial charge in [-0.2, -0.15) is 0 Å². The van der Waals surface area contributed by atoms with E-state index in [9.17, 15) is 0 Å². The van der Waals surface area contributed by atoms with E-state index >= 15 is 0 Å². The fourth-order valence-electron chi connectivity index (χ4n) is 0.811. The van der Waals surface area contributed by atoms with Crippen LogP contribution in [0.1, 0.15) is 9.11 Å². The van der Waals surface area contributed by atoms with Crippen LogP contribution in [-0.2, 0) is 0 Å². The van der Waals surface area contributed by atoms with Crippen LogP contribution in [0.3, 0.4) is 0 Å². The summed E-state index contributed by atoms with van der Waals surface area (Å²) in [6.45, 7) is 0. The van der Waals surface area contributed by atoms with Gasteiger partial charge in [0, 0.05) is 0 Å². The van der Waals surface area contributed by atoms with Crippen molar-refractivity contribution < 1.29 is 0 Å². The molecule has 0 radical (unpaired) electrons. The van der Waals surface area contributed by atoms with Crippen molar-refractivity contribution >= 4 is 61.8 Å². The van der Waals surface area contributed by atoms with Gasteiger partial charge in [-0.1, -0.05) is 52.9 Å². The van der Waals surface area contributed by atoms with Gasteiger partial charge >= 0.3 is 6.00 Å². The van der Waals surface area contributed by atoms with Crippen LogP contribution in [0.15, 0.2) is 30.3 Å². The molecule has 66 valence electrons. The van der Waals surface area contributed by atoms with Crippen molar-refractivity contribution in [2.24, 2.45) is 0 Å². The highest BCUT2D eigenvalue weighted by Crippen LogP contribution is 2.41. The summed E-state index contributed by atoms with van der Waals surface area (Å²) in [4.78, 5) is 0. The Morgan fingerprint density at radius 3 is 2.00 bits per heavy atom. The van der Waals surface area contributed by atoms with E-state index in [0.29, 0.717) is 0 Å². The smallest absolute Gasteiger partial charge is 0.125 e. The first-order valence-electron chi connectivity index (χ1n) is 3.27. The van der Waals surface area contributed by atoms with Crippen LogP contribution in [0.5, 0.6) is 0 Å². The van der Waals surface area contributed by atoms with E-state index in [1.165, 1.54) is 0 Å². The minimum atomic E-state index is -2.60. The average Bonchev–Trinajstić information content (AvgIpc) is 2.03. The van der Waals surface area contributed by atoms with Crippen molar-refractivity contribution in [1.29, 1.82) is 0 Å². The van der Waals surface area contributed by atoms with E-state index in [-0.39, 0.29) is 3.55 Å². The summed E-state index contributed by atoms with van der Waals surface area (Å²) in [5.74, 6) is 0. The summed E-state index contributed by atoms with van der Waals surface area (Å²) in [6.07, 6.45) is 0. The van der Waals surface area contributed by atoms with Gasteiger partial charge in [-0.3, -0.25) is 0 Å². The molecular formula is C7H6Cl3ISi. The van der Waals surface area contributed by atoms with Gasteiger partial charge < -0.3 is 0 Å². The Kier molecular flexibility index (Phi) is 4.17. The van der Waals surface area contributed by atoms with Crippen LogP contribution in [0.25, 0.3) is 0 Å². The largest absolute Gasteiger partial charge is 0.357 e. The molecule has 12 heavy (non-hydrogen) atoms. The zero-order valence-corrected chi connectivity index (χ0v) is 11.4. The molecule has 0 saturated carbocycles. The third-order valence-electron chi connectivity index (χ3n) is 1.38. The summed E-state index contributed by atoms with van der Waals surface area (Å²) in [5, 5.41) is 0. The molecule has 0 fully saturated rings. The van der Waals surface area contributed by atoms with Crippen molar-refractivity contribution in [3.05, 3.63) is 35.9 Å². The van der Waals surface area contributed by atoms with E-state index in [1.807, 2.05) is 30.3 Å². The van der Waals surface area contributed by atoms with Crippen LogP contribution < -0.4 is 0 Å². The van der Waals surface area contributed by atoms with E-state index in [4.69, 9.17) is 33.2 Å². The fraction of sp³-hybridized carbons (Fsp3) is 0.143. The molecule has 0 bridgehead atoms. The standard InChI is InChI=1S/C7H6Cl3ISi/c8-12(9,10)7(11)6-4-2-1-3-5-6/h1-5,7H. The van der Waals surface area contributed by atoms with Crippen molar-refractivity contribution in [2.75, 3.05) is 0 Å². The third-order valence-corrected chi connectivity index (χ3v) is 11.1. The summed E-state index contributed by atoms with van der Waals surface area (Å²) in [7, 11) is 0. The van der Waals surface area contributed by atoms with Crippen molar-refractivity contribution in [2.45, 2.75) is 3.55 Å². The number of hydrogen-bond acceptors (Lipinski definition) is 0. The van der Waals surface area contributed by atoms with Crippen LogP contribution >= 0.6 is 55.8 Å². The van der Waals surface area contributed by atoms with Gasteiger partial charge in [0.2, 0.25) is 0 Å². The van der Waals surface area contributed by atoms with E-state index in [0.717, 1.165) is 5.56 Å². The summed E-state index contributed by atoms with van der Waals surface area (Å²) in [5.41, 5.74) is 1.09. The Labute approximate surface area is 100 Å². The number of halogens is 4. The normalized spacial score (nSPS) is 14.3. The Morgan fingerprint density at radius 1 is 1.08 bits per heavy atom. The molecule has 0 heterocycles. The fourth-order valence-corrected chi connectivity index (χ4v) is 2.93. The first kappa shape index (κ1) is 11.1. The third kappa shape index (κ3) is 3.07. The second kappa shape index (κ2) is 4.51. The van der Waals surface area contributed by atoms with Crippen molar-refractivity contribution in [3.8, 4) is 0 Å². The highest BCUT2D eigenvalue weighted by Gasteiger charge is 2.35. The first-order valence-corrected chi connectivity index (χ1v) is 9.63. The quantitative estimate of drug-likeness (QED) is 0.321. The maximum Gasteiger partial charge on any atom is 0.357 e. The predicted octanol–water partition coefficient (Wildman–Crippen LogP) is 4.36. The molecular weight excluding hydrogens is 345 g/mol. The summed E-state index contributed by atoms with van der Waals surface area (Å²) >= 11 is 19.8. The molecule has 0 aliphatic carbocycles. The molecule has 1 unspecified atom stereocenters. The Hall–Kier alpha value is 1.04. The van der Waals surface area contributed by atoms with Crippen LogP contribution in [0, 0.1) is 0 Å². The van der Waals surface area contributed by atoms with Gasteiger partial charge in [0.15, 0.2) is 0 Å². The SMILES string of the molecule is Cl[Si](Cl)(Cl)C(I)c1ccccc1. The maximum atomic E-state index is 5.88. The maximum absolute atomic E-state index is 5.88. The zero-order valence-electron chi connectivity index (χ0n) is 5.98. The molecule has 1 atom stereocenters. The van der Waals surface area contributed by atoms with Crippen LogP contribution in [-0.4, -0.2) is 6.00 Å². The highest BCUT2D eigenvalue weighted by atomic mass is 127. The van der Waals surface area contributed by atoms with Gasteiger partial charge in [0.1, 0.15) is 0 Å². The number of rotatable bonds is 2. The Morgan fingerprint density at radius 2 is 1.58 bits per heavy atom. The van der Waals surface area contributed by atoms with Crippen molar-refractivity contribution in [3.63, 3.8) is 0 Å². The minimum absolute atomic E-state index is 0.0290. The lowest BCUT2D eigenvalue weighted by Crippen LogP contribution is -2.17. The second-order valence-electron chi connectivity index (χ2n) is 2.31. The van der Waals surface area contributed by atoms with E-state index < -0.39 is 6.00 Å². The molecule has 1 aromatic rings. The molecule has 0 N–H and O–H groups in total. The highest BCUT2D eigenvalue weighted by molar-refractivity contribution is 14.1. The summed E-state index contributed by atoms with van der Waals surface area (Å²) in [6, 6.07) is 7.21. The second-order valence-corrected chi connectivity index (χ2v) is 13.5. The van der Waals surface area contributed by atoms with Crippen molar-refractivity contribution in [1.82, 2.24) is 0 Å². The number of alkyl halides is 1. The molecule has 0 aliphatic heterocycles. The van der Waals surface area contributed by atoms with Crippen LogP contribution in [0.4, 0.5) is 0 Å². The zero-order chi connectivity index (χ0) is 9.19. The molecule has 0 aliphatic rings. The lowest BCUT2D eigenvalue weighted by molar-refractivity contribution is 1.39. The molecule has 5 heteroatoms. The lowest BCUT2D eigenvalue weighted by Gasteiger charge is -2.15. The van der Waals surface area contributed by atoms with Gasteiger partial charge in [-0.25, -0.2) is 0 Å². The Bertz CT molecular complexity index is 247. The minimum Gasteiger partial charge on any atom is -0.125 e. The first-order chi connectivity index (χ1) is 5.52.